The number of hydrogen-bond acceptors (Lipinski definition) is 4. The van der Waals surface area contributed by atoms with Gasteiger partial charge in [-0.2, -0.15) is 0 Å². The van der Waals surface area contributed by atoms with Crippen molar-refractivity contribution in [3.8, 4) is 5.88 Å². The van der Waals surface area contributed by atoms with Gasteiger partial charge in [0.05, 0.1) is 11.1 Å². The van der Waals surface area contributed by atoms with Gasteiger partial charge in [0.15, 0.2) is 5.69 Å². The Morgan fingerprint density at radius 3 is 2.58 bits per heavy atom. The van der Waals surface area contributed by atoms with E-state index in [0.29, 0.717) is 16.3 Å². The topological polar surface area (TPSA) is 99.8 Å². The van der Waals surface area contributed by atoms with Crippen LogP contribution in [0.2, 0.25) is 0 Å². The third-order valence-corrected chi connectivity index (χ3v) is 4.27. The number of para-hydroxylation sites is 2. The van der Waals surface area contributed by atoms with Crippen LogP contribution in [0.1, 0.15) is 10.4 Å². The minimum Gasteiger partial charge on any atom is -0.493 e. The summed E-state index contributed by atoms with van der Waals surface area (Å²) in [5, 5.41) is 19.2. The van der Waals surface area contributed by atoms with Crippen LogP contribution in [0.25, 0.3) is 21.8 Å². The molecule has 4 rings (SSSR count). The summed E-state index contributed by atoms with van der Waals surface area (Å²) in [5.74, 6) is -0.738. The minimum atomic E-state index is -0.653. The number of aromatic nitrogens is 2. The van der Waals surface area contributed by atoms with E-state index in [0.717, 1.165) is 5.52 Å². The van der Waals surface area contributed by atoms with E-state index in [-0.39, 0.29) is 17.1 Å². The van der Waals surface area contributed by atoms with Gasteiger partial charge >= 0.3 is 0 Å². The van der Waals surface area contributed by atoms with Gasteiger partial charge in [-0.15, -0.1) is 10.2 Å². The highest BCUT2D eigenvalue weighted by Crippen LogP contribution is 2.37. The predicted molar refractivity (Wildman–Crippen MR) is 98.0 cm³/mol. The summed E-state index contributed by atoms with van der Waals surface area (Å²) in [4.78, 5) is 27.0. The van der Waals surface area contributed by atoms with Gasteiger partial charge in [-0.25, -0.2) is 0 Å². The monoisotopic (exact) mass is 346 g/mol. The first kappa shape index (κ1) is 15.8. The number of aromatic amines is 1. The normalized spacial score (nSPS) is 11.6. The number of carbonyl (C=O) groups excluding carboxylic acids is 1. The molecule has 0 aliphatic rings. The highest BCUT2D eigenvalue weighted by Gasteiger charge is 2.15. The van der Waals surface area contributed by atoms with Crippen molar-refractivity contribution in [2.75, 3.05) is 0 Å². The van der Waals surface area contributed by atoms with Crippen molar-refractivity contribution >= 4 is 33.4 Å². The molecule has 0 aliphatic heterocycles. The van der Waals surface area contributed by atoms with Gasteiger partial charge in [0.2, 0.25) is 11.4 Å². The maximum atomic E-state index is 12.5. The van der Waals surface area contributed by atoms with E-state index in [1.165, 1.54) is 6.07 Å². The van der Waals surface area contributed by atoms with Crippen molar-refractivity contribution < 1.29 is 9.90 Å². The van der Waals surface area contributed by atoms with Crippen molar-refractivity contribution in [3.05, 3.63) is 70.5 Å². The Morgan fingerprint density at radius 2 is 1.77 bits per heavy atom. The molecule has 7 nitrogen and oxygen atoms in total. The maximum absolute atomic E-state index is 12.5. The lowest BCUT2D eigenvalue weighted by atomic mass is 10.1. The van der Waals surface area contributed by atoms with Crippen LogP contribution in [0, 0.1) is 0 Å². The van der Waals surface area contributed by atoms with E-state index in [9.17, 15) is 14.7 Å². The summed E-state index contributed by atoms with van der Waals surface area (Å²) in [6, 6.07) is 15.4. The average molecular weight is 346 g/mol. The number of H-pyrrole nitrogens is 1. The van der Waals surface area contributed by atoms with Crippen molar-refractivity contribution in [1.29, 1.82) is 0 Å². The molecule has 0 unspecified atom stereocenters. The van der Waals surface area contributed by atoms with Crippen molar-refractivity contribution in [2.24, 2.45) is 17.3 Å². The van der Waals surface area contributed by atoms with Crippen LogP contribution in [-0.4, -0.2) is 20.6 Å². The second kappa shape index (κ2) is 5.96. The average Bonchev–Trinajstić information content (AvgIpc) is 2.90. The standard InChI is InChI=1S/C19H14N4O3/c1-23-15-9-5-3-7-12(15)17(19(23)26)21-22-18(25)13-10-16(24)20-14-8-4-2-6-11(13)14/h2-10,26H,1H3,(H,20,24). The second-order valence-electron chi connectivity index (χ2n) is 5.85. The fourth-order valence-electron chi connectivity index (χ4n) is 2.99. The van der Waals surface area contributed by atoms with Gasteiger partial charge in [-0.05, 0) is 12.1 Å². The van der Waals surface area contributed by atoms with Gasteiger partial charge < -0.3 is 14.7 Å². The molecule has 0 atom stereocenters. The van der Waals surface area contributed by atoms with Gasteiger partial charge in [-0.1, -0.05) is 36.4 Å². The Kier molecular flexibility index (Phi) is 3.62. The van der Waals surface area contributed by atoms with Gasteiger partial charge in [0.25, 0.3) is 5.91 Å². The number of amides is 1. The number of rotatable bonds is 2. The molecule has 1 amide bonds. The third-order valence-electron chi connectivity index (χ3n) is 4.27. The number of carbonyl (C=O) groups is 1. The number of fused-ring (bicyclic) bond motifs is 2. The lowest BCUT2D eigenvalue weighted by molar-refractivity contribution is 0.0996. The molecule has 0 bridgehead atoms. The smallest absolute Gasteiger partial charge is 0.296 e. The number of azo groups is 1. The van der Waals surface area contributed by atoms with Crippen LogP contribution in [0.15, 0.2) is 69.6 Å². The largest absolute Gasteiger partial charge is 0.493 e. The summed E-state index contributed by atoms with van der Waals surface area (Å²) in [6.45, 7) is 0. The fraction of sp³-hybridized carbons (Fsp3) is 0.0526. The van der Waals surface area contributed by atoms with Crippen LogP contribution < -0.4 is 5.56 Å². The number of aryl methyl sites for hydroxylation is 1. The molecule has 0 saturated carbocycles. The molecule has 0 spiro atoms. The molecule has 0 fully saturated rings. The van der Waals surface area contributed by atoms with Gasteiger partial charge in [-0.3, -0.25) is 9.59 Å². The highest BCUT2D eigenvalue weighted by atomic mass is 16.3. The number of benzene rings is 2. The molecule has 0 radical (unpaired) electrons. The zero-order chi connectivity index (χ0) is 18.3. The Bertz CT molecular complexity index is 1250. The first-order chi connectivity index (χ1) is 12.6. The number of hydrogen-bond donors (Lipinski definition) is 2. The van der Waals surface area contributed by atoms with Crippen LogP contribution in [0.4, 0.5) is 5.69 Å². The van der Waals surface area contributed by atoms with E-state index in [4.69, 9.17) is 0 Å². The maximum Gasteiger partial charge on any atom is 0.296 e. The van der Waals surface area contributed by atoms with Gasteiger partial charge in [0, 0.05) is 29.4 Å². The summed E-state index contributed by atoms with van der Waals surface area (Å²) in [7, 11) is 1.70. The predicted octanol–water partition coefficient (Wildman–Crippen LogP) is 3.65. The van der Waals surface area contributed by atoms with E-state index in [1.54, 1.807) is 41.9 Å². The van der Waals surface area contributed by atoms with Crippen molar-refractivity contribution in [3.63, 3.8) is 0 Å². The molecule has 0 aliphatic carbocycles. The lowest BCUT2D eigenvalue weighted by Gasteiger charge is -2.01. The Morgan fingerprint density at radius 1 is 1.08 bits per heavy atom. The SMILES string of the molecule is Cn1c(O)c(N=NC(=O)c2cc(=O)[nH]c3ccccc23)c2ccccc21. The summed E-state index contributed by atoms with van der Waals surface area (Å²) in [5.41, 5.74) is 1.30. The van der Waals surface area contributed by atoms with Gasteiger partial charge in [0.1, 0.15) is 0 Å². The Labute approximate surface area is 147 Å². The zero-order valence-corrected chi connectivity index (χ0v) is 13.8. The van der Waals surface area contributed by atoms with E-state index in [2.05, 4.69) is 15.2 Å². The zero-order valence-electron chi connectivity index (χ0n) is 13.8. The number of nitrogens with zero attached hydrogens (tertiary/aromatic N) is 3. The number of pyridine rings is 1. The van der Waals surface area contributed by atoms with E-state index in [1.807, 2.05) is 18.2 Å². The molecule has 2 N–H and O–H groups in total. The lowest BCUT2D eigenvalue weighted by Crippen LogP contribution is -2.09. The molecule has 2 aromatic carbocycles. The number of aromatic hydroxyl groups is 1. The minimum absolute atomic E-state index is 0.0847. The molecule has 26 heavy (non-hydrogen) atoms. The summed E-state index contributed by atoms with van der Waals surface area (Å²) >= 11 is 0. The van der Waals surface area contributed by atoms with Crippen LogP contribution in [0.5, 0.6) is 5.88 Å². The molecule has 2 aromatic heterocycles. The van der Waals surface area contributed by atoms with Crippen molar-refractivity contribution in [2.45, 2.75) is 0 Å². The second-order valence-corrected chi connectivity index (χ2v) is 5.85. The summed E-state index contributed by atoms with van der Waals surface area (Å²) in [6.07, 6.45) is 0. The van der Waals surface area contributed by atoms with Crippen molar-refractivity contribution in [1.82, 2.24) is 9.55 Å². The van der Waals surface area contributed by atoms with E-state index >= 15 is 0 Å². The molecular weight excluding hydrogens is 332 g/mol. The summed E-state index contributed by atoms with van der Waals surface area (Å²) < 4.78 is 1.57. The van der Waals surface area contributed by atoms with E-state index < -0.39 is 11.5 Å². The van der Waals surface area contributed by atoms with Crippen LogP contribution >= 0.6 is 0 Å². The quantitative estimate of drug-likeness (QED) is 0.542. The first-order valence-corrected chi connectivity index (χ1v) is 7.91. The van der Waals surface area contributed by atoms with Crippen LogP contribution in [-0.2, 0) is 7.05 Å². The molecular formula is C19H14N4O3. The number of nitrogens with one attached hydrogen (secondary N) is 1. The molecule has 4 aromatic rings. The molecule has 7 heteroatoms. The molecule has 0 saturated heterocycles. The molecule has 128 valence electrons. The highest BCUT2D eigenvalue weighted by molar-refractivity contribution is 6.06. The molecule has 2 heterocycles. The first-order valence-electron chi connectivity index (χ1n) is 7.91. The van der Waals surface area contributed by atoms with Crippen LogP contribution in [0.3, 0.4) is 0 Å². The third kappa shape index (κ3) is 2.46. The fourth-order valence-corrected chi connectivity index (χ4v) is 2.99. The Hall–Kier alpha value is -3.74. The Balaban J connectivity index is 1.81.